The Hall–Kier alpha value is -2.54. The largest absolute Gasteiger partial charge is 0.497 e. The van der Waals surface area contributed by atoms with Gasteiger partial charge in [0.25, 0.3) is 0 Å². The third-order valence-corrected chi connectivity index (χ3v) is 3.99. The fraction of sp³-hybridized carbons (Fsp3) is 0.500. The minimum absolute atomic E-state index is 0.553. The SMILES string of the molecule is C/C=C/[C@H]1[C@H](C(=O)OC)OC(c2ccc(OC)cc2)N1C(=O)OC(C)(C)C. The van der Waals surface area contributed by atoms with Crippen molar-refractivity contribution in [3.05, 3.63) is 42.0 Å². The fourth-order valence-electron chi connectivity index (χ4n) is 2.83. The summed E-state index contributed by atoms with van der Waals surface area (Å²) in [6, 6.07) is 6.45. The Morgan fingerprint density at radius 3 is 2.26 bits per heavy atom. The first-order chi connectivity index (χ1) is 12.7. The van der Waals surface area contributed by atoms with E-state index in [-0.39, 0.29) is 0 Å². The van der Waals surface area contributed by atoms with E-state index in [1.54, 1.807) is 64.3 Å². The van der Waals surface area contributed by atoms with Crippen LogP contribution in [0.5, 0.6) is 5.75 Å². The van der Waals surface area contributed by atoms with Gasteiger partial charge in [-0.2, -0.15) is 0 Å². The zero-order valence-electron chi connectivity index (χ0n) is 16.6. The van der Waals surface area contributed by atoms with E-state index < -0.39 is 36.0 Å². The Kier molecular flexibility index (Phi) is 6.49. The molecule has 7 nitrogen and oxygen atoms in total. The maximum Gasteiger partial charge on any atom is 0.413 e. The maximum atomic E-state index is 12.9. The normalized spacial score (nSPS) is 22.7. The summed E-state index contributed by atoms with van der Waals surface area (Å²) in [6.07, 6.45) is 1.17. The van der Waals surface area contributed by atoms with Crippen LogP contribution in [0.25, 0.3) is 0 Å². The number of carbonyl (C=O) groups excluding carboxylic acids is 2. The predicted molar refractivity (Wildman–Crippen MR) is 99.3 cm³/mol. The van der Waals surface area contributed by atoms with Crippen LogP contribution in [0.1, 0.15) is 39.5 Å². The summed E-state index contributed by atoms with van der Waals surface area (Å²) in [6.45, 7) is 7.16. The predicted octanol–water partition coefficient (Wildman–Crippen LogP) is 3.45. The molecule has 1 saturated heterocycles. The van der Waals surface area contributed by atoms with Crippen LogP contribution >= 0.6 is 0 Å². The van der Waals surface area contributed by atoms with Gasteiger partial charge in [-0.1, -0.05) is 24.3 Å². The molecule has 1 unspecified atom stereocenters. The van der Waals surface area contributed by atoms with E-state index in [0.717, 1.165) is 0 Å². The number of rotatable bonds is 4. The number of nitrogens with zero attached hydrogens (tertiary/aromatic N) is 1. The van der Waals surface area contributed by atoms with Gasteiger partial charge in [-0.05, 0) is 39.8 Å². The van der Waals surface area contributed by atoms with E-state index in [1.165, 1.54) is 12.0 Å². The highest BCUT2D eigenvalue weighted by molar-refractivity contribution is 5.79. The number of hydrogen-bond acceptors (Lipinski definition) is 6. The standard InChI is InChI=1S/C20H27NO6/c1-7-8-15-16(18(22)25-6)26-17(13-9-11-14(24-5)12-10-13)21(15)19(23)27-20(2,3)4/h7-12,15-17H,1-6H3/b8-7+/t15-,16+,17?/m0/s1. The molecule has 148 valence electrons. The molecule has 0 radical (unpaired) electrons. The van der Waals surface area contributed by atoms with Gasteiger partial charge in [-0.3, -0.25) is 4.90 Å². The van der Waals surface area contributed by atoms with Crippen LogP contribution in [0.2, 0.25) is 0 Å². The Morgan fingerprint density at radius 2 is 1.78 bits per heavy atom. The van der Waals surface area contributed by atoms with Gasteiger partial charge in [-0.25, -0.2) is 9.59 Å². The van der Waals surface area contributed by atoms with Gasteiger partial charge in [0, 0.05) is 5.56 Å². The summed E-state index contributed by atoms with van der Waals surface area (Å²) < 4.78 is 21.5. The molecule has 1 heterocycles. The number of amides is 1. The first kappa shape index (κ1) is 20.8. The summed E-state index contributed by atoms with van der Waals surface area (Å²) in [7, 11) is 2.86. The van der Waals surface area contributed by atoms with Crippen LogP contribution in [0.4, 0.5) is 4.79 Å². The number of ether oxygens (including phenoxy) is 4. The molecule has 27 heavy (non-hydrogen) atoms. The van der Waals surface area contributed by atoms with Crippen molar-refractivity contribution in [2.45, 2.75) is 51.7 Å². The summed E-state index contributed by atoms with van der Waals surface area (Å²) in [5.41, 5.74) is 0.00770. The molecule has 1 aliphatic rings. The van der Waals surface area contributed by atoms with E-state index >= 15 is 0 Å². The Labute approximate surface area is 159 Å². The minimum Gasteiger partial charge on any atom is -0.497 e. The Balaban J connectivity index is 2.45. The Morgan fingerprint density at radius 1 is 1.15 bits per heavy atom. The zero-order valence-corrected chi connectivity index (χ0v) is 16.6. The molecule has 0 bridgehead atoms. The molecule has 0 N–H and O–H groups in total. The zero-order chi connectivity index (χ0) is 20.2. The molecular weight excluding hydrogens is 350 g/mol. The van der Waals surface area contributed by atoms with Crippen LogP contribution in [0.15, 0.2) is 36.4 Å². The molecule has 7 heteroatoms. The highest BCUT2D eigenvalue weighted by Gasteiger charge is 2.49. The molecule has 2 rings (SSSR count). The van der Waals surface area contributed by atoms with E-state index in [9.17, 15) is 9.59 Å². The first-order valence-electron chi connectivity index (χ1n) is 8.73. The van der Waals surface area contributed by atoms with Gasteiger partial charge in [0.05, 0.1) is 20.3 Å². The second-order valence-electron chi connectivity index (χ2n) is 7.11. The summed E-state index contributed by atoms with van der Waals surface area (Å²) >= 11 is 0. The van der Waals surface area contributed by atoms with Gasteiger partial charge >= 0.3 is 12.1 Å². The highest BCUT2D eigenvalue weighted by Crippen LogP contribution is 2.37. The van der Waals surface area contributed by atoms with Gasteiger partial charge < -0.3 is 18.9 Å². The molecule has 1 aliphatic heterocycles. The molecule has 0 aromatic heterocycles. The molecule has 0 spiro atoms. The van der Waals surface area contributed by atoms with Crippen molar-refractivity contribution in [3.8, 4) is 5.75 Å². The topological polar surface area (TPSA) is 74.3 Å². The van der Waals surface area contributed by atoms with Crippen molar-refractivity contribution in [2.75, 3.05) is 14.2 Å². The second-order valence-corrected chi connectivity index (χ2v) is 7.11. The van der Waals surface area contributed by atoms with Crippen molar-refractivity contribution in [2.24, 2.45) is 0 Å². The highest BCUT2D eigenvalue weighted by atomic mass is 16.6. The van der Waals surface area contributed by atoms with E-state index in [0.29, 0.717) is 11.3 Å². The van der Waals surface area contributed by atoms with Crippen LogP contribution in [0.3, 0.4) is 0 Å². The van der Waals surface area contributed by atoms with Crippen molar-refractivity contribution in [1.82, 2.24) is 4.90 Å². The average molecular weight is 377 g/mol. The van der Waals surface area contributed by atoms with Crippen molar-refractivity contribution in [1.29, 1.82) is 0 Å². The van der Waals surface area contributed by atoms with Crippen molar-refractivity contribution in [3.63, 3.8) is 0 Å². The van der Waals surface area contributed by atoms with Gasteiger partial charge in [0.15, 0.2) is 12.3 Å². The fourth-order valence-corrected chi connectivity index (χ4v) is 2.83. The van der Waals surface area contributed by atoms with E-state index in [4.69, 9.17) is 18.9 Å². The molecule has 3 atom stereocenters. The molecule has 1 amide bonds. The quantitative estimate of drug-likeness (QED) is 0.591. The molecule has 1 fully saturated rings. The number of benzene rings is 1. The number of methoxy groups -OCH3 is 2. The summed E-state index contributed by atoms with van der Waals surface area (Å²) in [4.78, 5) is 26.6. The Bertz CT molecular complexity index is 691. The van der Waals surface area contributed by atoms with Crippen LogP contribution in [-0.2, 0) is 19.0 Å². The smallest absolute Gasteiger partial charge is 0.413 e. The van der Waals surface area contributed by atoms with Crippen LogP contribution < -0.4 is 4.74 Å². The molecule has 1 aromatic carbocycles. The lowest BCUT2D eigenvalue weighted by molar-refractivity contribution is -0.153. The molecule has 0 saturated carbocycles. The summed E-state index contributed by atoms with van der Waals surface area (Å²) in [5.74, 6) is 0.123. The van der Waals surface area contributed by atoms with E-state index in [2.05, 4.69) is 0 Å². The van der Waals surface area contributed by atoms with Gasteiger partial charge in [-0.15, -0.1) is 0 Å². The number of esters is 1. The van der Waals surface area contributed by atoms with Crippen LogP contribution in [0, 0.1) is 0 Å². The van der Waals surface area contributed by atoms with Crippen LogP contribution in [-0.4, -0.2) is 48.9 Å². The average Bonchev–Trinajstić information content (AvgIpc) is 2.99. The van der Waals surface area contributed by atoms with Crippen molar-refractivity contribution >= 4 is 12.1 Å². The monoisotopic (exact) mass is 377 g/mol. The van der Waals surface area contributed by atoms with Gasteiger partial charge in [0.2, 0.25) is 0 Å². The molecule has 1 aromatic rings. The lowest BCUT2D eigenvalue weighted by Gasteiger charge is -2.30. The number of carbonyl (C=O) groups is 2. The molecular formula is C20H27NO6. The lowest BCUT2D eigenvalue weighted by Crippen LogP contribution is -2.44. The first-order valence-corrected chi connectivity index (χ1v) is 8.73. The second kappa shape index (κ2) is 8.43. The van der Waals surface area contributed by atoms with E-state index in [1.807, 2.05) is 6.92 Å². The number of hydrogen-bond donors (Lipinski definition) is 0. The third kappa shape index (κ3) is 4.80. The lowest BCUT2D eigenvalue weighted by atomic mass is 10.1. The number of allylic oxidation sites excluding steroid dienone is 1. The van der Waals surface area contributed by atoms with Gasteiger partial charge in [0.1, 0.15) is 11.4 Å². The minimum atomic E-state index is -0.953. The summed E-state index contributed by atoms with van der Waals surface area (Å²) in [5, 5.41) is 0. The van der Waals surface area contributed by atoms with Crippen molar-refractivity contribution < 1.29 is 28.5 Å². The molecule has 0 aliphatic carbocycles. The third-order valence-electron chi connectivity index (χ3n) is 3.99. The maximum absolute atomic E-state index is 12.9.